The van der Waals surface area contributed by atoms with E-state index in [1.54, 1.807) is 104 Å². The number of rotatable bonds is 16. The first-order valence-electron chi connectivity index (χ1n) is 22.9. The van der Waals surface area contributed by atoms with E-state index in [9.17, 15) is 23.1 Å². The standard InChI is InChI=1S/C22H25NO5.C18H20O5.C15H13ClN2O4S2/c1-12-6-8-15-16(11-18(12)25)17(23-13(2)24)9-7-14-10-19(26-3)21(27-4)22(28-5)20(14)15;1-20-15-8-7-12(9-14(15)19)5-6-13-10-16(21-2)18(23-4)17(11-13)22-3;16-14-8-18-15-10(2-1-3-13(14)15)9-24(19,20)12-6-4-11(5-7-12)23-22-21-17/h6,8,10-11,17H,7,9H2,1-5H3,(H,23,24);5-11,19H,1-4H3;1-8,18H,9,17H2/b;6-5-;/t17-;;/m0../s1. The van der Waals surface area contributed by atoms with Crippen LogP contribution in [-0.2, 0) is 36.1 Å². The predicted octanol–water partition coefficient (Wildman–Crippen LogP) is 10.4. The van der Waals surface area contributed by atoms with Gasteiger partial charge in [-0.15, -0.1) is 9.32 Å². The lowest BCUT2D eigenvalue weighted by Crippen LogP contribution is -2.26. The molecule has 5 N–H and O–H groups in total. The molecule has 396 valence electrons. The third-order valence-electron chi connectivity index (χ3n) is 11.9. The van der Waals surface area contributed by atoms with E-state index in [1.165, 1.54) is 26.2 Å². The summed E-state index contributed by atoms with van der Waals surface area (Å²) in [6, 6.07) is 27.6. The number of hydrogen-bond donors (Lipinski definition) is 4. The topological polar surface area (TPSA) is 225 Å². The number of aryl methyl sites for hydroxylation is 2. The van der Waals surface area contributed by atoms with E-state index in [-0.39, 0.29) is 33.8 Å². The van der Waals surface area contributed by atoms with Gasteiger partial charge in [-0.25, -0.2) is 8.42 Å². The molecule has 17 nitrogen and oxygen atoms in total. The summed E-state index contributed by atoms with van der Waals surface area (Å²) in [5, 5.41) is 14.2. The Morgan fingerprint density at radius 1 is 0.787 bits per heavy atom. The first-order chi connectivity index (χ1) is 36.0. The number of carbonyl (C=O) groups is 1. The number of phenolic OH excluding ortho intramolecular Hbond substituents is 1. The van der Waals surface area contributed by atoms with Gasteiger partial charge < -0.3 is 48.6 Å². The number of nitrogens with two attached hydrogens (primary N) is 1. The lowest BCUT2D eigenvalue weighted by Gasteiger charge is -2.19. The van der Waals surface area contributed by atoms with Gasteiger partial charge in [0.25, 0.3) is 0 Å². The zero-order valence-electron chi connectivity index (χ0n) is 42.7. The molecular formula is C55H58ClN3O14S2. The highest BCUT2D eigenvalue weighted by atomic mass is 35.5. The molecule has 0 spiro atoms. The first kappa shape index (κ1) is 56.9. The number of H-pyrrole nitrogens is 1. The highest BCUT2D eigenvalue weighted by Crippen LogP contribution is 2.50. The molecule has 1 aliphatic rings. The Hall–Kier alpha value is -7.39. The van der Waals surface area contributed by atoms with Crippen LogP contribution in [0.2, 0.25) is 5.02 Å². The third kappa shape index (κ3) is 13.7. The summed E-state index contributed by atoms with van der Waals surface area (Å²) in [7, 11) is 7.46. The lowest BCUT2D eigenvalue weighted by molar-refractivity contribution is -0.195. The predicted molar refractivity (Wildman–Crippen MR) is 290 cm³/mol. The Balaban J connectivity index is 0.000000184. The quantitative estimate of drug-likeness (QED) is 0.0305. The van der Waals surface area contributed by atoms with Crippen molar-refractivity contribution < 1.29 is 60.8 Å². The van der Waals surface area contributed by atoms with Gasteiger partial charge in [0, 0.05) is 29.0 Å². The number of amides is 1. The van der Waals surface area contributed by atoms with Crippen LogP contribution in [0.25, 0.3) is 34.2 Å². The van der Waals surface area contributed by atoms with Crippen LogP contribution in [0, 0.1) is 6.92 Å². The van der Waals surface area contributed by atoms with Gasteiger partial charge in [-0.1, -0.05) is 60.2 Å². The van der Waals surface area contributed by atoms with Crippen molar-refractivity contribution in [1.82, 2.24) is 10.3 Å². The summed E-state index contributed by atoms with van der Waals surface area (Å²) in [6.45, 7) is 3.26. The smallest absolute Gasteiger partial charge is 0.217 e. The van der Waals surface area contributed by atoms with Gasteiger partial charge in [-0.05, 0) is 119 Å². The van der Waals surface area contributed by atoms with Crippen LogP contribution in [0.5, 0.6) is 46.0 Å². The van der Waals surface area contributed by atoms with Gasteiger partial charge in [-0.2, -0.15) is 5.90 Å². The van der Waals surface area contributed by atoms with Crippen molar-refractivity contribution in [3.05, 3.63) is 152 Å². The van der Waals surface area contributed by atoms with E-state index in [0.29, 0.717) is 74.1 Å². The minimum absolute atomic E-state index is 0.0699. The summed E-state index contributed by atoms with van der Waals surface area (Å²) >= 11 is 6.96. The third-order valence-corrected chi connectivity index (χ3v) is 14.5. The maximum absolute atomic E-state index is 12.6. The SMILES string of the molecule is COc1cc2c(c(OC)c1OC)-c1ccc(C)c(=O)cc1[C@@H](NC(C)=O)CC2.COc1ccc(/C=C\c2cc(OC)c(OC)c(OC)c2)cc1O.NOOSc1ccc(S(=O)(=O)Cc2cccc3c(Cl)c[nH]c23)cc1. The molecule has 0 saturated carbocycles. The number of methoxy groups -OCH3 is 7. The van der Waals surface area contributed by atoms with Gasteiger partial charge >= 0.3 is 0 Å². The van der Waals surface area contributed by atoms with E-state index in [2.05, 4.69) is 19.6 Å². The van der Waals surface area contributed by atoms with E-state index in [4.69, 9.17) is 50.7 Å². The number of para-hydroxylation sites is 1. The molecule has 1 aliphatic carbocycles. The number of hydrogen-bond acceptors (Lipinski definition) is 16. The van der Waals surface area contributed by atoms with Crippen LogP contribution in [0.15, 0.2) is 118 Å². The molecular weight excluding hydrogens is 1030 g/mol. The van der Waals surface area contributed by atoms with Crippen LogP contribution < -0.4 is 49.8 Å². The number of carbonyl (C=O) groups excluding carboxylic acids is 1. The Morgan fingerprint density at radius 2 is 1.43 bits per heavy atom. The van der Waals surface area contributed by atoms with Gasteiger partial charge in [-0.3, -0.25) is 9.59 Å². The monoisotopic (exact) mass is 1080 g/mol. The van der Waals surface area contributed by atoms with E-state index in [0.717, 1.165) is 56.3 Å². The molecule has 0 aliphatic heterocycles. The largest absolute Gasteiger partial charge is 0.504 e. The number of nitrogens with one attached hydrogen (secondary N) is 2. The molecule has 20 heteroatoms. The van der Waals surface area contributed by atoms with Crippen molar-refractivity contribution in [2.45, 2.75) is 48.3 Å². The summed E-state index contributed by atoms with van der Waals surface area (Å²) < 4.78 is 67.6. The highest BCUT2D eigenvalue weighted by Gasteiger charge is 2.29. The molecule has 8 rings (SSSR count). The van der Waals surface area contributed by atoms with E-state index >= 15 is 0 Å². The second-order valence-corrected chi connectivity index (χ2v) is 19.7. The molecule has 0 unspecified atom stereocenters. The van der Waals surface area contributed by atoms with Crippen molar-refractivity contribution in [1.29, 1.82) is 0 Å². The summed E-state index contributed by atoms with van der Waals surface area (Å²) in [6.07, 6.45) is 6.75. The van der Waals surface area contributed by atoms with Crippen LogP contribution in [0.4, 0.5) is 0 Å². The maximum atomic E-state index is 12.6. The minimum atomic E-state index is -3.50. The number of aromatic nitrogens is 1. The molecule has 1 heterocycles. The molecule has 0 bridgehead atoms. The minimum Gasteiger partial charge on any atom is -0.504 e. The van der Waals surface area contributed by atoms with Crippen LogP contribution in [0.3, 0.4) is 0 Å². The van der Waals surface area contributed by atoms with Crippen molar-refractivity contribution >= 4 is 62.4 Å². The van der Waals surface area contributed by atoms with Crippen molar-refractivity contribution in [2.75, 3.05) is 49.8 Å². The number of benzene rings is 5. The van der Waals surface area contributed by atoms with Crippen molar-refractivity contribution in [3.8, 4) is 57.1 Å². The summed E-state index contributed by atoms with van der Waals surface area (Å²) in [4.78, 5) is 32.2. The Labute approximate surface area is 444 Å². The normalized spacial score (nSPS) is 12.7. The fourth-order valence-corrected chi connectivity index (χ4v) is 10.3. The van der Waals surface area contributed by atoms with E-state index < -0.39 is 9.84 Å². The number of phenols is 1. The maximum Gasteiger partial charge on any atom is 0.217 e. The molecule has 0 saturated heterocycles. The summed E-state index contributed by atoms with van der Waals surface area (Å²) in [5.74, 6) is 8.38. The van der Waals surface area contributed by atoms with Crippen molar-refractivity contribution in [2.24, 2.45) is 5.90 Å². The number of aromatic hydroxyl groups is 1. The average molecular weight is 1080 g/mol. The van der Waals surface area contributed by atoms with Crippen LogP contribution >= 0.6 is 23.6 Å². The van der Waals surface area contributed by atoms with Gasteiger partial charge in [0.2, 0.25) is 17.4 Å². The van der Waals surface area contributed by atoms with Crippen molar-refractivity contribution in [3.63, 3.8) is 0 Å². The van der Waals surface area contributed by atoms with Gasteiger partial charge in [0.05, 0.1) is 89.0 Å². The Bertz CT molecular complexity index is 3320. The molecule has 0 radical (unpaired) electrons. The molecule has 1 amide bonds. The molecule has 7 aromatic rings. The second-order valence-electron chi connectivity index (χ2n) is 16.5. The number of aromatic amines is 1. The molecule has 1 aromatic heterocycles. The average Bonchev–Trinajstić information content (AvgIpc) is 3.66. The fraction of sp³-hybridized carbons (Fsp3) is 0.236. The second kappa shape index (κ2) is 26.2. The lowest BCUT2D eigenvalue weighted by atomic mass is 9.95. The van der Waals surface area contributed by atoms with Crippen LogP contribution in [-0.4, -0.2) is 74.2 Å². The summed E-state index contributed by atoms with van der Waals surface area (Å²) in [5.41, 5.74) is 7.18. The highest BCUT2D eigenvalue weighted by molar-refractivity contribution is 7.94. The number of ether oxygens (including phenoxy) is 7. The number of sulfone groups is 1. The number of halogens is 1. The van der Waals surface area contributed by atoms with E-state index in [1.807, 2.05) is 48.6 Å². The molecule has 0 fully saturated rings. The molecule has 6 aromatic carbocycles. The fourth-order valence-electron chi connectivity index (χ4n) is 8.34. The van der Waals surface area contributed by atoms with Crippen LogP contribution in [0.1, 0.15) is 52.8 Å². The zero-order valence-corrected chi connectivity index (χ0v) is 45.1. The molecule has 1 atom stereocenters. The number of fused-ring (bicyclic) bond motifs is 4. The first-order valence-corrected chi connectivity index (χ1v) is 25.7. The molecule has 75 heavy (non-hydrogen) atoms. The van der Waals surface area contributed by atoms with Gasteiger partial charge in [0.15, 0.2) is 49.8 Å². The van der Waals surface area contributed by atoms with Gasteiger partial charge in [0.1, 0.15) is 0 Å². The Morgan fingerprint density at radius 3 is 2.03 bits per heavy atom. The Kier molecular flexibility index (Phi) is 19.9. The zero-order chi connectivity index (χ0) is 54.4.